The van der Waals surface area contributed by atoms with Gasteiger partial charge in [0.2, 0.25) is 0 Å². The summed E-state index contributed by atoms with van der Waals surface area (Å²) in [5, 5.41) is 3.17. The summed E-state index contributed by atoms with van der Waals surface area (Å²) >= 11 is 0. The molecule has 0 spiro atoms. The highest BCUT2D eigenvalue weighted by Gasteiger charge is 2.44. The lowest BCUT2D eigenvalue weighted by Crippen LogP contribution is -2.43. The van der Waals surface area contributed by atoms with Crippen LogP contribution in [0.3, 0.4) is 0 Å². The first-order chi connectivity index (χ1) is 4.66. The van der Waals surface area contributed by atoms with E-state index in [1.807, 2.05) is 0 Å². The van der Waals surface area contributed by atoms with E-state index < -0.39 is 5.92 Å². The zero-order chi connectivity index (χ0) is 7.19. The van der Waals surface area contributed by atoms with Gasteiger partial charge in [-0.2, -0.15) is 0 Å². The Bertz CT molecular complexity index is 137. The second-order valence-electron chi connectivity index (χ2n) is 3.40. The molecule has 2 aliphatic heterocycles. The molecule has 0 amide bonds. The molecular weight excluding hydrogens is 172 g/mol. The summed E-state index contributed by atoms with van der Waals surface area (Å²) in [6.07, 6.45) is 2.01. The average molecular weight is 184 g/mol. The highest BCUT2D eigenvalue weighted by Crippen LogP contribution is 2.37. The summed E-state index contributed by atoms with van der Waals surface area (Å²) in [4.78, 5) is 0. The van der Waals surface area contributed by atoms with Crippen LogP contribution in [0.15, 0.2) is 0 Å². The van der Waals surface area contributed by atoms with Crippen LogP contribution in [-0.2, 0) is 0 Å². The Kier molecular flexibility index (Phi) is 2.40. The van der Waals surface area contributed by atoms with Crippen LogP contribution in [0.25, 0.3) is 0 Å². The molecule has 2 fully saturated rings. The molecule has 0 aliphatic carbocycles. The molecule has 2 rings (SSSR count). The summed E-state index contributed by atoms with van der Waals surface area (Å²) < 4.78 is 25.4. The van der Waals surface area contributed by atoms with Gasteiger partial charge in [0.25, 0.3) is 5.92 Å². The van der Waals surface area contributed by atoms with Gasteiger partial charge in [-0.25, -0.2) is 8.78 Å². The zero-order valence-corrected chi connectivity index (χ0v) is 6.96. The molecule has 11 heavy (non-hydrogen) atoms. The Hall–Kier alpha value is 0.110. The van der Waals surface area contributed by atoms with Crippen molar-refractivity contribution in [2.24, 2.45) is 0 Å². The van der Waals surface area contributed by atoms with Gasteiger partial charge in [0.05, 0.1) is 0 Å². The first kappa shape index (κ1) is 9.20. The lowest BCUT2D eigenvalue weighted by molar-refractivity contribution is -0.0433. The fourth-order valence-corrected chi connectivity index (χ4v) is 2.03. The number of piperidine rings is 1. The van der Waals surface area contributed by atoms with Crippen LogP contribution in [0.1, 0.15) is 25.7 Å². The van der Waals surface area contributed by atoms with Gasteiger partial charge >= 0.3 is 0 Å². The van der Waals surface area contributed by atoms with Crippen LogP contribution < -0.4 is 5.32 Å². The van der Waals surface area contributed by atoms with Crippen molar-refractivity contribution in [3.8, 4) is 0 Å². The summed E-state index contributed by atoms with van der Waals surface area (Å²) in [6.45, 7) is 0. The van der Waals surface area contributed by atoms with Gasteiger partial charge in [-0.3, -0.25) is 0 Å². The normalized spacial score (nSPS) is 39.8. The number of halogens is 3. The molecule has 2 aliphatic rings. The van der Waals surface area contributed by atoms with Gasteiger partial charge < -0.3 is 5.32 Å². The van der Waals surface area contributed by atoms with E-state index in [0.29, 0.717) is 0 Å². The van der Waals surface area contributed by atoms with Crippen LogP contribution >= 0.6 is 12.4 Å². The monoisotopic (exact) mass is 183 g/mol. The molecule has 2 bridgehead atoms. The molecule has 2 atom stereocenters. The van der Waals surface area contributed by atoms with Crippen molar-refractivity contribution in [3.05, 3.63) is 0 Å². The van der Waals surface area contributed by atoms with Crippen molar-refractivity contribution < 1.29 is 8.78 Å². The van der Waals surface area contributed by atoms with E-state index in [1.54, 1.807) is 0 Å². The van der Waals surface area contributed by atoms with Crippen LogP contribution in [-0.4, -0.2) is 18.0 Å². The molecule has 4 heteroatoms. The highest BCUT2D eigenvalue weighted by atomic mass is 35.5. The van der Waals surface area contributed by atoms with Gasteiger partial charge in [-0.05, 0) is 12.8 Å². The number of nitrogens with one attached hydrogen (secondary N) is 1. The SMILES string of the molecule is Cl.FC1(F)CC2CCC(C1)N2. The van der Waals surface area contributed by atoms with Crippen molar-refractivity contribution in [1.29, 1.82) is 0 Å². The summed E-state index contributed by atoms with van der Waals surface area (Å²) in [6, 6.07) is 0.211. The van der Waals surface area contributed by atoms with Crippen molar-refractivity contribution in [2.45, 2.75) is 43.7 Å². The van der Waals surface area contributed by atoms with Crippen molar-refractivity contribution >= 4 is 12.4 Å². The quantitative estimate of drug-likeness (QED) is 0.606. The highest BCUT2D eigenvalue weighted by molar-refractivity contribution is 5.85. The lowest BCUT2D eigenvalue weighted by atomic mass is 10.0. The number of rotatable bonds is 0. The molecule has 2 unspecified atom stereocenters. The van der Waals surface area contributed by atoms with E-state index in [0.717, 1.165) is 12.8 Å². The largest absolute Gasteiger partial charge is 0.311 e. The smallest absolute Gasteiger partial charge is 0.251 e. The molecule has 0 aromatic heterocycles. The molecule has 2 saturated heterocycles. The van der Waals surface area contributed by atoms with Crippen molar-refractivity contribution in [1.82, 2.24) is 5.32 Å². The Balaban J connectivity index is 0.000000605. The van der Waals surface area contributed by atoms with Gasteiger partial charge in [0, 0.05) is 24.9 Å². The first-order valence-electron chi connectivity index (χ1n) is 3.80. The molecule has 0 saturated carbocycles. The van der Waals surface area contributed by atoms with E-state index in [-0.39, 0.29) is 37.3 Å². The van der Waals surface area contributed by atoms with E-state index in [9.17, 15) is 8.78 Å². The Labute approximate surface area is 71.0 Å². The second-order valence-corrected chi connectivity index (χ2v) is 3.40. The fraction of sp³-hybridized carbons (Fsp3) is 1.00. The van der Waals surface area contributed by atoms with E-state index in [4.69, 9.17) is 0 Å². The zero-order valence-electron chi connectivity index (χ0n) is 6.15. The van der Waals surface area contributed by atoms with E-state index >= 15 is 0 Å². The fourth-order valence-electron chi connectivity index (χ4n) is 2.03. The molecule has 1 nitrogen and oxygen atoms in total. The number of hydrogen-bond acceptors (Lipinski definition) is 1. The third kappa shape index (κ3) is 1.82. The van der Waals surface area contributed by atoms with Gasteiger partial charge in [0.15, 0.2) is 0 Å². The minimum absolute atomic E-state index is 0. The van der Waals surface area contributed by atoms with Crippen molar-refractivity contribution in [3.63, 3.8) is 0 Å². The third-order valence-corrected chi connectivity index (χ3v) is 2.43. The predicted octanol–water partition coefficient (Wildman–Crippen LogP) is 1.96. The summed E-state index contributed by atoms with van der Waals surface area (Å²) in [7, 11) is 0. The Morgan fingerprint density at radius 1 is 1.09 bits per heavy atom. The van der Waals surface area contributed by atoms with Crippen molar-refractivity contribution in [2.75, 3.05) is 0 Å². The minimum atomic E-state index is -2.38. The predicted molar refractivity (Wildman–Crippen MR) is 41.4 cm³/mol. The molecule has 0 aromatic carbocycles. The topological polar surface area (TPSA) is 12.0 Å². The van der Waals surface area contributed by atoms with Crippen LogP contribution in [0.2, 0.25) is 0 Å². The number of hydrogen-bond donors (Lipinski definition) is 1. The van der Waals surface area contributed by atoms with Crippen LogP contribution in [0.4, 0.5) is 8.78 Å². The van der Waals surface area contributed by atoms with Gasteiger partial charge in [-0.15, -0.1) is 12.4 Å². The third-order valence-electron chi connectivity index (χ3n) is 2.43. The standard InChI is InChI=1S/C7H11F2N.ClH/c8-7(9)3-5-1-2-6(4-7)10-5;/h5-6,10H,1-4H2;1H. The Morgan fingerprint density at radius 3 is 2.00 bits per heavy atom. The molecule has 1 N–H and O–H groups in total. The average Bonchev–Trinajstić information content (AvgIpc) is 2.08. The maximum Gasteiger partial charge on any atom is 0.251 e. The number of alkyl halides is 2. The summed E-state index contributed by atoms with van der Waals surface area (Å²) in [5.74, 6) is -2.38. The second kappa shape index (κ2) is 2.87. The van der Waals surface area contributed by atoms with Gasteiger partial charge in [-0.1, -0.05) is 0 Å². The minimum Gasteiger partial charge on any atom is -0.311 e. The number of fused-ring (bicyclic) bond motifs is 2. The summed E-state index contributed by atoms with van der Waals surface area (Å²) in [5.41, 5.74) is 0. The van der Waals surface area contributed by atoms with E-state index in [2.05, 4.69) is 5.32 Å². The molecule has 66 valence electrons. The molecule has 2 heterocycles. The first-order valence-corrected chi connectivity index (χ1v) is 3.80. The van der Waals surface area contributed by atoms with Crippen LogP contribution in [0, 0.1) is 0 Å². The van der Waals surface area contributed by atoms with Gasteiger partial charge in [0.1, 0.15) is 0 Å². The molecular formula is C7H12ClF2N. The molecule has 0 radical (unpaired) electrons. The Morgan fingerprint density at radius 2 is 1.55 bits per heavy atom. The lowest BCUT2D eigenvalue weighted by Gasteiger charge is -2.28. The molecule has 0 aromatic rings. The van der Waals surface area contributed by atoms with E-state index in [1.165, 1.54) is 0 Å². The van der Waals surface area contributed by atoms with Crippen LogP contribution in [0.5, 0.6) is 0 Å². The maximum absolute atomic E-state index is 12.7. The maximum atomic E-state index is 12.7.